The van der Waals surface area contributed by atoms with Crippen LogP contribution in [-0.2, 0) is 7.05 Å². The standard InChI is InChI=1S/C20H22FN5O/c1-26-19-18(22-10-11-23-19)17(25-26)14-8-6-13(7-9-14)12-24-20(27)15-4-2-3-5-16(15)21/h2-5,10-11,13-14H,6-9,12H2,1H3,(H,24,27). The van der Waals surface area contributed by atoms with E-state index in [-0.39, 0.29) is 11.5 Å². The number of carbonyl (C=O) groups is 1. The highest BCUT2D eigenvalue weighted by Gasteiger charge is 2.27. The average Bonchev–Trinajstić information content (AvgIpc) is 3.04. The zero-order valence-corrected chi connectivity index (χ0v) is 15.2. The summed E-state index contributed by atoms with van der Waals surface area (Å²) in [5.41, 5.74) is 2.82. The summed E-state index contributed by atoms with van der Waals surface area (Å²) in [4.78, 5) is 21.0. The lowest BCUT2D eigenvalue weighted by atomic mass is 9.80. The van der Waals surface area contributed by atoms with Crippen LogP contribution in [0.25, 0.3) is 11.2 Å². The Bertz CT molecular complexity index is 962. The molecule has 1 aromatic carbocycles. The van der Waals surface area contributed by atoms with Gasteiger partial charge in [0.05, 0.1) is 11.3 Å². The van der Waals surface area contributed by atoms with Crippen molar-refractivity contribution in [2.24, 2.45) is 13.0 Å². The van der Waals surface area contributed by atoms with Gasteiger partial charge in [0.15, 0.2) is 5.65 Å². The Morgan fingerprint density at radius 2 is 1.93 bits per heavy atom. The van der Waals surface area contributed by atoms with Gasteiger partial charge in [-0.05, 0) is 43.7 Å². The number of carbonyl (C=O) groups excluding carboxylic acids is 1. The van der Waals surface area contributed by atoms with Crippen LogP contribution in [0, 0.1) is 11.7 Å². The highest BCUT2D eigenvalue weighted by atomic mass is 19.1. The maximum absolute atomic E-state index is 13.7. The summed E-state index contributed by atoms with van der Waals surface area (Å²) in [6.07, 6.45) is 7.40. The van der Waals surface area contributed by atoms with Crippen LogP contribution in [0.15, 0.2) is 36.7 Å². The molecule has 0 aliphatic heterocycles. The first-order chi connectivity index (χ1) is 13.1. The quantitative estimate of drug-likeness (QED) is 0.769. The first kappa shape index (κ1) is 17.6. The minimum atomic E-state index is -0.484. The number of fused-ring (bicyclic) bond motifs is 1. The Hall–Kier alpha value is -2.83. The molecule has 1 aliphatic rings. The second kappa shape index (κ2) is 7.42. The monoisotopic (exact) mass is 367 g/mol. The summed E-state index contributed by atoms with van der Waals surface area (Å²) >= 11 is 0. The molecule has 7 heteroatoms. The van der Waals surface area contributed by atoms with E-state index in [1.54, 1.807) is 29.2 Å². The van der Waals surface area contributed by atoms with Gasteiger partial charge in [0, 0.05) is 31.9 Å². The van der Waals surface area contributed by atoms with E-state index in [2.05, 4.69) is 20.4 Å². The minimum absolute atomic E-state index is 0.102. The van der Waals surface area contributed by atoms with Gasteiger partial charge in [0.1, 0.15) is 11.3 Å². The van der Waals surface area contributed by atoms with E-state index in [1.807, 2.05) is 7.05 Å². The topological polar surface area (TPSA) is 72.7 Å². The Morgan fingerprint density at radius 3 is 2.70 bits per heavy atom. The predicted molar refractivity (Wildman–Crippen MR) is 99.7 cm³/mol. The minimum Gasteiger partial charge on any atom is -0.352 e. The molecule has 0 spiro atoms. The third-order valence-corrected chi connectivity index (χ3v) is 5.39. The van der Waals surface area contributed by atoms with E-state index in [9.17, 15) is 9.18 Å². The summed E-state index contributed by atoms with van der Waals surface area (Å²) < 4.78 is 15.5. The molecule has 3 aromatic rings. The van der Waals surface area contributed by atoms with Gasteiger partial charge in [0.25, 0.3) is 5.91 Å². The molecule has 0 saturated heterocycles. The molecule has 1 saturated carbocycles. The number of hydrogen-bond donors (Lipinski definition) is 1. The molecule has 27 heavy (non-hydrogen) atoms. The lowest BCUT2D eigenvalue weighted by Crippen LogP contribution is -2.31. The van der Waals surface area contributed by atoms with Gasteiger partial charge in [-0.25, -0.2) is 19.0 Å². The molecule has 0 bridgehead atoms. The SMILES string of the molecule is Cn1nc(C2CCC(CNC(=O)c3ccccc3F)CC2)c2nccnc21. The van der Waals surface area contributed by atoms with Crippen LogP contribution in [0.3, 0.4) is 0 Å². The second-order valence-electron chi connectivity index (χ2n) is 7.14. The number of nitrogens with zero attached hydrogens (tertiary/aromatic N) is 4. The van der Waals surface area contributed by atoms with E-state index < -0.39 is 5.82 Å². The molecule has 4 rings (SSSR count). The van der Waals surface area contributed by atoms with Gasteiger partial charge in [-0.3, -0.25) is 4.79 Å². The molecule has 140 valence electrons. The van der Waals surface area contributed by atoms with Crippen molar-refractivity contribution in [1.29, 1.82) is 0 Å². The highest BCUT2D eigenvalue weighted by Crippen LogP contribution is 2.37. The zero-order valence-electron chi connectivity index (χ0n) is 15.2. The largest absolute Gasteiger partial charge is 0.352 e. The molecule has 6 nitrogen and oxygen atoms in total. The van der Waals surface area contributed by atoms with Crippen LogP contribution in [0.5, 0.6) is 0 Å². The van der Waals surface area contributed by atoms with Crippen LogP contribution in [-0.4, -0.2) is 32.2 Å². The van der Waals surface area contributed by atoms with E-state index in [0.29, 0.717) is 18.4 Å². The summed E-state index contributed by atoms with van der Waals surface area (Å²) in [5, 5.41) is 7.52. The number of aromatic nitrogens is 4. The van der Waals surface area contributed by atoms with E-state index in [4.69, 9.17) is 0 Å². The summed E-state index contributed by atoms with van der Waals surface area (Å²) in [7, 11) is 1.89. The third kappa shape index (κ3) is 3.54. The number of halogens is 1. The molecule has 1 N–H and O–H groups in total. The fourth-order valence-electron chi connectivity index (χ4n) is 3.90. The first-order valence-electron chi connectivity index (χ1n) is 9.30. The molecule has 2 aromatic heterocycles. The van der Waals surface area contributed by atoms with Gasteiger partial charge in [-0.1, -0.05) is 12.1 Å². The summed E-state index contributed by atoms with van der Waals surface area (Å²) in [6, 6.07) is 6.07. The van der Waals surface area contributed by atoms with Gasteiger partial charge < -0.3 is 5.32 Å². The molecule has 2 heterocycles. The maximum atomic E-state index is 13.7. The number of nitrogens with one attached hydrogen (secondary N) is 1. The van der Waals surface area contributed by atoms with Gasteiger partial charge in [0.2, 0.25) is 0 Å². The molecule has 1 fully saturated rings. The zero-order chi connectivity index (χ0) is 18.8. The number of rotatable bonds is 4. The molecule has 1 amide bonds. The number of amides is 1. The van der Waals surface area contributed by atoms with Crippen molar-refractivity contribution >= 4 is 17.1 Å². The number of benzene rings is 1. The van der Waals surface area contributed by atoms with Gasteiger partial charge >= 0.3 is 0 Å². The Labute approximate surface area is 156 Å². The lowest BCUT2D eigenvalue weighted by molar-refractivity contribution is 0.0939. The van der Waals surface area contributed by atoms with Crippen LogP contribution < -0.4 is 5.32 Å². The van der Waals surface area contributed by atoms with E-state index in [0.717, 1.165) is 42.5 Å². The molecule has 0 atom stereocenters. The van der Waals surface area contributed by atoms with Crippen LogP contribution in [0.4, 0.5) is 4.39 Å². The van der Waals surface area contributed by atoms with E-state index in [1.165, 1.54) is 12.1 Å². The Morgan fingerprint density at radius 1 is 1.19 bits per heavy atom. The Kier molecular flexibility index (Phi) is 4.83. The van der Waals surface area contributed by atoms with Gasteiger partial charge in [-0.2, -0.15) is 5.10 Å². The summed E-state index contributed by atoms with van der Waals surface area (Å²) in [5.74, 6) is -0.0648. The summed E-state index contributed by atoms with van der Waals surface area (Å²) in [6.45, 7) is 0.572. The van der Waals surface area contributed by atoms with Crippen molar-refractivity contribution in [3.8, 4) is 0 Å². The fourth-order valence-corrected chi connectivity index (χ4v) is 3.90. The van der Waals surface area contributed by atoms with Crippen molar-refractivity contribution in [3.63, 3.8) is 0 Å². The fraction of sp³-hybridized carbons (Fsp3) is 0.400. The van der Waals surface area contributed by atoms with E-state index >= 15 is 0 Å². The average molecular weight is 367 g/mol. The molecule has 0 unspecified atom stereocenters. The second-order valence-corrected chi connectivity index (χ2v) is 7.14. The predicted octanol–water partition coefficient (Wildman–Crippen LogP) is 3.21. The van der Waals surface area contributed by atoms with Gasteiger partial charge in [-0.15, -0.1) is 0 Å². The highest BCUT2D eigenvalue weighted by molar-refractivity contribution is 5.94. The third-order valence-electron chi connectivity index (χ3n) is 5.39. The molecular weight excluding hydrogens is 345 g/mol. The molecule has 0 radical (unpaired) electrons. The molecule has 1 aliphatic carbocycles. The van der Waals surface area contributed by atoms with Crippen molar-refractivity contribution < 1.29 is 9.18 Å². The van der Waals surface area contributed by atoms with Crippen LogP contribution >= 0.6 is 0 Å². The van der Waals surface area contributed by atoms with Crippen LogP contribution in [0.2, 0.25) is 0 Å². The number of hydrogen-bond acceptors (Lipinski definition) is 4. The normalized spacial score (nSPS) is 19.9. The number of aryl methyl sites for hydroxylation is 1. The van der Waals surface area contributed by atoms with Crippen LogP contribution in [0.1, 0.15) is 47.7 Å². The van der Waals surface area contributed by atoms with Crippen molar-refractivity contribution in [1.82, 2.24) is 25.1 Å². The Balaban J connectivity index is 1.35. The smallest absolute Gasteiger partial charge is 0.254 e. The first-order valence-corrected chi connectivity index (χ1v) is 9.30. The van der Waals surface area contributed by atoms with Crippen molar-refractivity contribution in [2.45, 2.75) is 31.6 Å². The molecular formula is C20H22FN5O. The lowest BCUT2D eigenvalue weighted by Gasteiger charge is -2.27. The maximum Gasteiger partial charge on any atom is 0.254 e. The van der Waals surface area contributed by atoms with Crippen molar-refractivity contribution in [2.75, 3.05) is 6.54 Å². The van der Waals surface area contributed by atoms with Crippen molar-refractivity contribution in [3.05, 3.63) is 53.7 Å².